The molecule has 0 radical (unpaired) electrons. The normalized spacial score (nSPS) is 24.5. The summed E-state index contributed by atoms with van der Waals surface area (Å²) in [4.78, 5) is 13.6. The maximum Gasteiger partial charge on any atom is 0.248 e. The van der Waals surface area contributed by atoms with E-state index in [1.807, 2.05) is 6.92 Å². The molecule has 1 unspecified atom stereocenters. The Kier molecular flexibility index (Phi) is 2.34. The lowest BCUT2D eigenvalue weighted by Gasteiger charge is -2.16. The molecule has 0 aliphatic carbocycles. The van der Waals surface area contributed by atoms with Gasteiger partial charge in [-0.05, 0) is 32.0 Å². The van der Waals surface area contributed by atoms with Crippen molar-refractivity contribution in [2.24, 2.45) is 0 Å². The number of rotatable bonds is 1. The molecule has 1 heterocycles. The van der Waals surface area contributed by atoms with Crippen molar-refractivity contribution in [1.29, 1.82) is 0 Å². The summed E-state index contributed by atoms with van der Waals surface area (Å²) in [5.41, 5.74) is 1.50. The van der Waals surface area contributed by atoms with Gasteiger partial charge in [0.15, 0.2) is 0 Å². The molecule has 0 saturated carbocycles. The Bertz CT molecular complexity index is 431. The van der Waals surface area contributed by atoms with Gasteiger partial charge in [0.1, 0.15) is 10.1 Å². The fourth-order valence-electron chi connectivity index (χ4n) is 1.91. The summed E-state index contributed by atoms with van der Waals surface area (Å²) in [6, 6.07) is 4.44. The quantitative estimate of drug-likeness (QED) is 0.720. The number of benzene rings is 1. The predicted molar refractivity (Wildman–Crippen MR) is 60.7 cm³/mol. The van der Waals surface area contributed by atoms with Gasteiger partial charge in [-0.25, -0.2) is 4.39 Å². The summed E-state index contributed by atoms with van der Waals surface area (Å²) in [5.74, 6) is -0.351. The van der Waals surface area contributed by atoms with Crippen molar-refractivity contribution in [2.45, 2.75) is 18.2 Å². The van der Waals surface area contributed by atoms with Crippen LogP contribution in [0.25, 0.3) is 0 Å². The molecule has 1 amide bonds. The van der Waals surface area contributed by atoms with Crippen LogP contribution < -0.4 is 4.90 Å². The van der Waals surface area contributed by atoms with E-state index in [4.69, 9.17) is 0 Å². The van der Waals surface area contributed by atoms with E-state index in [-0.39, 0.29) is 11.7 Å². The third kappa shape index (κ3) is 1.39. The minimum Gasteiger partial charge on any atom is -0.311 e. The Balaban J connectivity index is 2.65. The first-order chi connectivity index (χ1) is 6.98. The van der Waals surface area contributed by atoms with Gasteiger partial charge in [0, 0.05) is 17.8 Å². The van der Waals surface area contributed by atoms with Crippen LogP contribution in [0, 0.1) is 5.82 Å². The summed E-state index contributed by atoms with van der Waals surface area (Å²) in [5, 5.41) is 0. The Labute approximate surface area is 96.2 Å². The lowest BCUT2D eigenvalue weighted by Crippen LogP contribution is -2.34. The molecule has 1 aromatic carbocycles. The van der Waals surface area contributed by atoms with Crippen LogP contribution in [-0.4, -0.2) is 12.5 Å². The van der Waals surface area contributed by atoms with Gasteiger partial charge in [-0.15, -0.1) is 0 Å². The van der Waals surface area contributed by atoms with Gasteiger partial charge in [0.2, 0.25) is 5.91 Å². The number of hydrogen-bond acceptors (Lipinski definition) is 1. The topological polar surface area (TPSA) is 20.3 Å². The molecule has 1 atom stereocenters. The summed E-state index contributed by atoms with van der Waals surface area (Å²) < 4.78 is 12.3. The van der Waals surface area contributed by atoms with E-state index in [1.54, 1.807) is 17.9 Å². The van der Waals surface area contributed by atoms with Crippen molar-refractivity contribution in [3.8, 4) is 0 Å². The van der Waals surface area contributed by atoms with E-state index >= 15 is 0 Å². The van der Waals surface area contributed by atoms with E-state index in [9.17, 15) is 9.18 Å². The molecular weight excluding hydrogens is 261 g/mol. The summed E-state index contributed by atoms with van der Waals surface area (Å²) in [6.45, 7) is 4.25. The number of halogens is 2. The Morgan fingerprint density at radius 2 is 2.20 bits per heavy atom. The zero-order valence-electron chi connectivity index (χ0n) is 8.55. The zero-order valence-corrected chi connectivity index (χ0v) is 10.1. The van der Waals surface area contributed by atoms with Gasteiger partial charge in [-0.2, -0.15) is 0 Å². The first kappa shape index (κ1) is 10.6. The number of amides is 1. The average molecular weight is 272 g/mol. The minimum atomic E-state index is -0.791. The van der Waals surface area contributed by atoms with Crippen molar-refractivity contribution in [1.82, 2.24) is 0 Å². The monoisotopic (exact) mass is 271 g/mol. The number of carbonyl (C=O) groups excluding carboxylic acids is 1. The standard InChI is InChI=1S/C11H11BrFNO/c1-3-14-9-5-4-7(13)6-8(9)11(2,12)10(14)15/h4-6H,3H2,1-2H3. The van der Waals surface area contributed by atoms with Gasteiger partial charge < -0.3 is 4.90 Å². The number of anilines is 1. The first-order valence-electron chi connectivity index (χ1n) is 4.79. The summed E-state index contributed by atoms with van der Waals surface area (Å²) in [6.07, 6.45) is 0. The zero-order chi connectivity index (χ0) is 11.2. The molecule has 4 heteroatoms. The molecule has 0 spiro atoms. The van der Waals surface area contributed by atoms with Crippen LogP contribution in [0.2, 0.25) is 0 Å². The fourth-order valence-corrected chi connectivity index (χ4v) is 2.44. The van der Waals surface area contributed by atoms with Crippen LogP contribution in [0.4, 0.5) is 10.1 Å². The number of hydrogen-bond donors (Lipinski definition) is 0. The Morgan fingerprint density at radius 3 is 2.80 bits per heavy atom. The predicted octanol–water partition coefficient (Wildman–Crippen LogP) is 2.80. The SMILES string of the molecule is CCN1C(=O)C(C)(Br)c2cc(F)ccc21. The third-order valence-electron chi connectivity index (χ3n) is 2.72. The van der Waals surface area contributed by atoms with E-state index in [1.165, 1.54) is 12.1 Å². The van der Waals surface area contributed by atoms with Crippen LogP contribution in [0.1, 0.15) is 19.4 Å². The third-order valence-corrected chi connectivity index (χ3v) is 3.48. The van der Waals surface area contributed by atoms with Gasteiger partial charge in [-0.1, -0.05) is 15.9 Å². The molecule has 80 valence electrons. The van der Waals surface area contributed by atoms with E-state index in [2.05, 4.69) is 15.9 Å². The Hall–Kier alpha value is -0.900. The molecule has 0 saturated heterocycles. The van der Waals surface area contributed by atoms with Gasteiger partial charge in [-0.3, -0.25) is 4.79 Å². The number of carbonyl (C=O) groups is 1. The van der Waals surface area contributed by atoms with Crippen LogP contribution in [0.3, 0.4) is 0 Å². The lowest BCUT2D eigenvalue weighted by atomic mass is 10.0. The highest BCUT2D eigenvalue weighted by atomic mass is 79.9. The van der Waals surface area contributed by atoms with Crippen molar-refractivity contribution in [3.05, 3.63) is 29.6 Å². The van der Waals surface area contributed by atoms with Crippen molar-refractivity contribution < 1.29 is 9.18 Å². The van der Waals surface area contributed by atoms with Crippen LogP contribution in [0.5, 0.6) is 0 Å². The first-order valence-corrected chi connectivity index (χ1v) is 5.58. The molecule has 1 aromatic rings. The smallest absolute Gasteiger partial charge is 0.248 e. The minimum absolute atomic E-state index is 0.0365. The second kappa shape index (κ2) is 3.30. The van der Waals surface area contributed by atoms with E-state index in [0.29, 0.717) is 12.1 Å². The molecule has 1 aliphatic heterocycles. The van der Waals surface area contributed by atoms with E-state index < -0.39 is 4.32 Å². The van der Waals surface area contributed by atoms with Gasteiger partial charge in [0.05, 0.1) is 0 Å². The number of alkyl halides is 1. The molecule has 2 rings (SSSR count). The Morgan fingerprint density at radius 1 is 1.53 bits per heavy atom. The molecule has 0 aromatic heterocycles. The maximum atomic E-state index is 13.1. The highest BCUT2D eigenvalue weighted by Crippen LogP contribution is 2.45. The average Bonchev–Trinajstić information content (AvgIpc) is 2.37. The molecule has 15 heavy (non-hydrogen) atoms. The van der Waals surface area contributed by atoms with Gasteiger partial charge >= 0.3 is 0 Å². The van der Waals surface area contributed by atoms with Crippen LogP contribution in [-0.2, 0) is 9.12 Å². The largest absolute Gasteiger partial charge is 0.311 e. The fraction of sp³-hybridized carbons (Fsp3) is 0.364. The van der Waals surface area contributed by atoms with Crippen molar-refractivity contribution in [2.75, 3.05) is 11.4 Å². The molecule has 0 bridgehead atoms. The molecule has 0 N–H and O–H groups in total. The number of likely N-dealkylation sites (N-methyl/N-ethyl adjacent to an activating group) is 1. The van der Waals surface area contributed by atoms with Crippen molar-refractivity contribution in [3.63, 3.8) is 0 Å². The molecular formula is C11H11BrFNO. The van der Waals surface area contributed by atoms with Crippen LogP contribution in [0.15, 0.2) is 18.2 Å². The molecule has 0 fully saturated rings. The second-order valence-corrected chi connectivity index (χ2v) is 5.30. The van der Waals surface area contributed by atoms with E-state index in [0.717, 1.165) is 5.69 Å². The lowest BCUT2D eigenvalue weighted by molar-refractivity contribution is -0.119. The number of fused-ring (bicyclic) bond motifs is 1. The van der Waals surface area contributed by atoms with Gasteiger partial charge in [0.25, 0.3) is 0 Å². The number of nitrogens with zero attached hydrogens (tertiary/aromatic N) is 1. The van der Waals surface area contributed by atoms with Crippen LogP contribution >= 0.6 is 15.9 Å². The molecule has 2 nitrogen and oxygen atoms in total. The van der Waals surface area contributed by atoms with Crippen molar-refractivity contribution >= 4 is 27.5 Å². The second-order valence-electron chi connectivity index (χ2n) is 3.71. The summed E-state index contributed by atoms with van der Waals surface area (Å²) >= 11 is 3.36. The maximum absolute atomic E-state index is 13.1. The highest BCUT2D eigenvalue weighted by molar-refractivity contribution is 9.10. The highest BCUT2D eigenvalue weighted by Gasteiger charge is 2.45. The summed E-state index contributed by atoms with van der Waals surface area (Å²) in [7, 11) is 0. The molecule has 1 aliphatic rings.